The van der Waals surface area contributed by atoms with E-state index >= 15 is 0 Å². The number of aromatic nitrogens is 3. The molecule has 2 N–H and O–H groups in total. The quantitative estimate of drug-likeness (QED) is 0.812. The van der Waals surface area contributed by atoms with Crippen LogP contribution >= 0.6 is 0 Å². The molecule has 4 nitrogen and oxygen atoms in total. The Labute approximate surface area is 89.2 Å². The van der Waals surface area contributed by atoms with Crippen LogP contribution in [-0.4, -0.2) is 14.4 Å². The second-order valence-electron chi connectivity index (χ2n) is 4.12. The molecular weight excluding hydrogens is 188 g/mol. The molecule has 2 aromatic rings. The fraction of sp³-hybridized carbons (Fsp3) is 0.455. The van der Waals surface area contributed by atoms with Gasteiger partial charge in [0.05, 0.1) is 11.4 Å². The lowest BCUT2D eigenvalue weighted by Gasteiger charge is -2.09. The predicted molar refractivity (Wildman–Crippen MR) is 59.7 cm³/mol. The molecule has 4 heteroatoms. The molecule has 80 valence electrons. The first-order valence-electron chi connectivity index (χ1n) is 5.19. The van der Waals surface area contributed by atoms with Crippen molar-refractivity contribution in [3.8, 4) is 0 Å². The van der Waals surface area contributed by atoms with Crippen molar-refractivity contribution in [2.24, 2.45) is 5.73 Å². The summed E-state index contributed by atoms with van der Waals surface area (Å²) in [5.74, 6) is 1.10. The second-order valence-corrected chi connectivity index (χ2v) is 4.12. The number of fused-ring (bicyclic) bond motifs is 1. The van der Waals surface area contributed by atoms with Gasteiger partial charge in [-0.2, -0.15) is 0 Å². The number of nitrogens with zero attached hydrogens (tertiary/aromatic N) is 3. The summed E-state index contributed by atoms with van der Waals surface area (Å²) >= 11 is 0. The second kappa shape index (κ2) is 3.62. The first-order chi connectivity index (χ1) is 7.11. The normalized spacial score (nSPS) is 13.7. The lowest BCUT2D eigenvalue weighted by atomic mass is 10.1. The molecule has 0 bridgehead atoms. The average Bonchev–Trinajstić information content (AvgIpc) is 2.56. The van der Waals surface area contributed by atoms with E-state index in [1.54, 1.807) is 6.20 Å². The van der Waals surface area contributed by atoms with Crippen molar-refractivity contribution in [3.05, 3.63) is 29.8 Å². The highest BCUT2D eigenvalue weighted by Gasteiger charge is 2.17. The van der Waals surface area contributed by atoms with Crippen LogP contribution in [-0.2, 0) is 0 Å². The minimum atomic E-state index is -0.0263. The number of hydrogen-bond donors (Lipinski definition) is 1. The lowest BCUT2D eigenvalue weighted by Crippen LogP contribution is -2.11. The van der Waals surface area contributed by atoms with Crippen LogP contribution in [0.2, 0.25) is 0 Å². The van der Waals surface area contributed by atoms with E-state index in [0.717, 1.165) is 17.2 Å². The van der Waals surface area contributed by atoms with Crippen LogP contribution in [0.4, 0.5) is 0 Å². The van der Waals surface area contributed by atoms with Gasteiger partial charge in [0.2, 0.25) is 5.78 Å². The summed E-state index contributed by atoms with van der Waals surface area (Å²) in [5, 5.41) is 0. The number of nitrogens with two attached hydrogens (primary N) is 1. The van der Waals surface area contributed by atoms with Crippen LogP contribution in [0.3, 0.4) is 0 Å². The largest absolute Gasteiger partial charge is 0.323 e. The van der Waals surface area contributed by atoms with Crippen LogP contribution in [0.25, 0.3) is 5.78 Å². The van der Waals surface area contributed by atoms with E-state index in [9.17, 15) is 0 Å². The lowest BCUT2D eigenvalue weighted by molar-refractivity contribution is 0.722. The molecule has 0 saturated heterocycles. The van der Waals surface area contributed by atoms with Crippen LogP contribution in [0, 0.1) is 0 Å². The predicted octanol–water partition coefficient (Wildman–Crippen LogP) is 1.87. The van der Waals surface area contributed by atoms with Crippen molar-refractivity contribution in [1.82, 2.24) is 14.4 Å². The van der Waals surface area contributed by atoms with Crippen molar-refractivity contribution in [2.75, 3.05) is 0 Å². The Morgan fingerprint density at radius 3 is 2.67 bits per heavy atom. The minimum Gasteiger partial charge on any atom is -0.323 e. The molecule has 1 unspecified atom stereocenters. The molecule has 0 radical (unpaired) electrons. The van der Waals surface area contributed by atoms with Crippen molar-refractivity contribution >= 4 is 5.78 Å². The van der Waals surface area contributed by atoms with Crippen molar-refractivity contribution in [1.29, 1.82) is 0 Å². The Bertz CT molecular complexity index is 470. The maximum Gasteiger partial charge on any atom is 0.234 e. The summed E-state index contributed by atoms with van der Waals surface area (Å²) in [5.41, 5.74) is 8.08. The first kappa shape index (κ1) is 10.1. The molecule has 2 rings (SSSR count). The third-order valence-electron chi connectivity index (χ3n) is 2.45. The molecule has 0 aliphatic rings. The third kappa shape index (κ3) is 1.61. The summed E-state index contributed by atoms with van der Waals surface area (Å²) in [6, 6.07) is 1.87. The molecular formula is C11H16N4. The molecule has 0 saturated carbocycles. The molecule has 0 aromatic carbocycles. The van der Waals surface area contributed by atoms with E-state index in [2.05, 4.69) is 23.8 Å². The summed E-state index contributed by atoms with van der Waals surface area (Å²) in [7, 11) is 0. The Morgan fingerprint density at radius 1 is 1.33 bits per heavy atom. The molecule has 2 aromatic heterocycles. The van der Waals surface area contributed by atoms with Gasteiger partial charge in [0.25, 0.3) is 0 Å². The van der Waals surface area contributed by atoms with E-state index < -0.39 is 0 Å². The van der Waals surface area contributed by atoms with E-state index in [4.69, 9.17) is 5.73 Å². The summed E-state index contributed by atoms with van der Waals surface area (Å²) in [6.07, 6.45) is 3.71. The number of hydrogen-bond acceptors (Lipinski definition) is 3. The number of imidazole rings is 1. The summed E-state index contributed by atoms with van der Waals surface area (Å²) in [4.78, 5) is 8.73. The maximum absolute atomic E-state index is 5.97. The van der Waals surface area contributed by atoms with Crippen LogP contribution in [0.5, 0.6) is 0 Å². The van der Waals surface area contributed by atoms with Gasteiger partial charge in [-0.15, -0.1) is 0 Å². The van der Waals surface area contributed by atoms with Crippen molar-refractivity contribution < 1.29 is 0 Å². The number of rotatable bonds is 2. The SMILES string of the molecule is CC(C)c1nc2ncccn2c1C(C)N. The standard InChI is InChI=1S/C11H16N4/c1-7(2)9-10(8(3)12)15-6-4-5-13-11(15)14-9/h4-8H,12H2,1-3H3. The highest BCUT2D eigenvalue weighted by atomic mass is 15.1. The Balaban J connectivity index is 2.75. The third-order valence-corrected chi connectivity index (χ3v) is 2.45. The Hall–Kier alpha value is -1.42. The zero-order valence-electron chi connectivity index (χ0n) is 9.31. The van der Waals surface area contributed by atoms with E-state index in [1.165, 1.54) is 0 Å². The molecule has 0 amide bonds. The minimum absolute atomic E-state index is 0.0263. The molecule has 0 spiro atoms. The van der Waals surface area contributed by atoms with Gasteiger partial charge in [-0.1, -0.05) is 13.8 Å². The van der Waals surface area contributed by atoms with Gasteiger partial charge in [-0.25, -0.2) is 9.97 Å². The topological polar surface area (TPSA) is 56.2 Å². The summed E-state index contributed by atoms with van der Waals surface area (Å²) < 4.78 is 1.97. The zero-order chi connectivity index (χ0) is 11.0. The van der Waals surface area contributed by atoms with Gasteiger partial charge in [0.15, 0.2) is 0 Å². The van der Waals surface area contributed by atoms with Gasteiger partial charge in [0, 0.05) is 18.4 Å². The fourth-order valence-electron chi connectivity index (χ4n) is 1.80. The molecule has 0 aliphatic carbocycles. The van der Waals surface area contributed by atoms with Gasteiger partial charge in [-0.05, 0) is 18.9 Å². The molecule has 0 aliphatic heterocycles. The Morgan fingerprint density at radius 2 is 2.07 bits per heavy atom. The molecule has 1 atom stereocenters. The van der Waals surface area contributed by atoms with Crippen LogP contribution in [0.1, 0.15) is 44.1 Å². The van der Waals surface area contributed by atoms with Crippen molar-refractivity contribution in [3.63, 3.8) is 0 Å². The van der Waals surface area contributed by atoms with Crippen molar-refractivity contribution in [2.45, 2.75) is 32.7 Å². The molecule has 2 heterocycles. The Kier molecular flexibility index (Phi) is 2.44. The maximum atomic E-state index is 5.97. The van der Waals surface area contributed by atoms with E-state index in [0.29, 0.717) is 5.92 Å². The van der Waals surface area contributed by atoms with E-state index in [-0.39, 0.29) is 6.04 Å². The van der Waals surface area contributed by atoms with Gasteiger partial charge in [0.1, 0.15) is 0 Å². The zero-order valence-corrected chi connectivity index (χ0v) is 9.31. The first-order valence-corrected chi connectivity index (χ1v) is 5.19. The monoisotopic (exact) mass is 204 g/mol. The fourth-order valence-corrected chi connectivity index (χ4v) is 1.80. The molecule has 15 heavy (non-hydrogen) atoms. The van der Waals surface area contributed by atoms with Crippen LogP contribution < -0.4 is 5.73 Å². The van der Waals surface area contributed by atoms with Gasteiger partial charge in [-0.3, -0.25) is 4.40 Å². The average molecular weight is 204 g/mol. The smallest absolute Gasteiger partial charge is 0.234 e. The van der Waals surface area contributed by atoms with Crippen LogP contribution in [0.15, 0.2) is 18.5 Å². The molecule has 0 fully saturated rings. The summed E-state index contributed by atoms with van der Waals surface area (Å²) in [6.45, 7) is 6.21. The van der Waals surface area contributed by atoms with E-state index in [1.807, 2.05) is 23.6 Å². The van der Waals surface area contributed by atoms with Gasteiger partial charge < -0.3 is 5.73 Å². The highest BCUT2D eigenvalue weighted by Crippen LogP contribution is 2.23. The highest BCUT2D eigenvalue weighted by molar-refractivity contribution is 5.37. The van der Waals surface area contributed by atoms with Gasteiger partial charge >= 0.3 is 0 Å².